The molecule has 1 saturated heterocycles. The first-order valence-corrected chi connectivity index (χ1v) is 10.9. The van der Waals surface area contributed by atoms with Crippen molar-refractivity contribution in [2.45, 2.75) is 29.1 Å². The van der Waals surface area contributed by atoms with Crippen LogP contribution < -0.4 is 0 Å². The van der Waals surface area contributed by atoms with Crippen molar-refractivity contribution in [1.29, 1.82) is 0 Å². The highest BCUT2D eigenvalue weighted by molar-refractivity contribution is 7.91. The summed E-state index contributed by atoms with van der Waals surface area (Å²) < 4.78 is 30.9. The van der Waals surface area contributed by atoms with Crippen LogP contribution in [0.4, 0.5) is 0 Å². The van der Waals surface area contributed by atoms with Gasteiger partial charge in [0.25, 0.3) is 5.91 Å². The summed E-state index contributed by atoms with van der Waals surface area (Å²) in [6, 6.07) is 9.77. The SMILES string of the molecule is O=C(OCC(=O)N1CCCCC1)c1ccc2c(c1)S(=O)(=O)c1ccccc1C2=O. The molecule has 0 aromatic heterocycles. The zero-order chi connectivity index (χ0) is 20.6. The molecule has 7 nitrogen and oxygen atoms in total. The van der Waals surface area contributed by atoms with Gasteiger partial charge in [-0.3, -0.25) is 9.59 Å². The van der Waals surface area contributed by atoms with E-state index in [1.807, 2.05) is 0 Å². The first-order valence-electron chi connectivity index (χ1n) is 9.37. The van der Waals surface area contributed by atoms with Crippen LogP contribution in [-0.4, -0.2) is 50.7 Å². The minimum atomic E-state index is -3.94. The van der Waals surface area contributed by atoms with Crippen LogP contribution in [0, 0.1) is 0 Å². The fourth-order valence-electron chi connectivity index (χ4n) is 3.66. The normalized spacial score (nSPS) is 17.2. The molecule has 0 bridgehead atoms. The lowest BCUT2D eigenvalue weighted by Crippen LogP contribution is -2.38. The molecule has 2 aliphatic rings. The second-order valence-corrected chi connectivity index (χ2v) is 8.94. The maximum absolute atomic E-state index is 12.9. The highest BCUT2D eigenvalue weighted by Crippen LogP contribution is 2.34. The number of nitrogens with zero attached hydrogens (tertiary/aromatic N) is 1. The van der Waals surface area contributed by atoms with Crippen molar-refractivity contribution in [3.8, 4) is 0 Å². The van der Waals surface area contributed by atoms with E-state index < -0.39 is 28.2 Å². The first kappa shape index (κ1) is 19.3. The average Bonchev–Trinajstić information content (AvgIpc) is 2.76. The number of piperidine rings is 1. The molecule has 2 aromatic carbocycles. The number of esters is 1. The van der Waals surface area contributed by atoms with Gasteiger partial charge in [-0.15, -0.1) is 0 Å². The summed E-state index contributed by atoms with van der Waals surface area (Å²) in [5.41, 5.74) is 0.109. The Bertz CT molecular complexity index is 1120. The predicted molar refractivity (Wildman–Crippen MR) is 102 cm³/mol. The summed E-state index contributed by atoms with van der Waals surface area (Å²) in [7, 11) is -3.94. The summed E-state index contributed by atoms with van der Waals surface area (Å²) in [6.07, 6.45) is 2.94. The molecule has 8 heteroatoms. The van der Waals surface area contributed by atoms with E-state index in [-0.39, 0.29) is 32.4 Å². The van der Waals surface area contributed by atoms with Crippen molar-refractivity contribution in [3.05, 3.63) is 59.2 Å². The lowest BCUT2D eigenvalue weighted by Gasteiger charge is -2.26. The van der Waals surface area contributed by atoms with Gasteiger partial charge >= 0.3 is 5.97 Å². The monoisotopic (exact) mass is 413 g/mol. The van der Waals surface area contributed by atoms with Gasteiger partial charge in [0, 0.05) is 24.2 Å². The number of likely N-dealkylation sites (tertiary alicyclic amines) is 1. The Hall–Kier alpha value is -3.00. The van der Waals surface area contributed by atoms with Crippen LogP contribution in [0.3, 0.4) is 0 Å². The van der Waals surface area contributed by atoms with Crippen molar-refractivity contribution >= 4 is 27.5 Å². The molecule has 2 aromatic rings. The summed E-state index contributed by atoms with van der Waals surface area (Å²) in [5.74, 6) is -1.49. The molecule has 0 spiro atoms. The van der Waals surface area contributed by atoms with Gasteiger partial charge in [-0.05, 0) is 49.6 Å². The van der Waals surface area contributed by atoms with Crippen molar-refractivity contribution in [2.75, 3.05) is 19.7 Å². The smallest absolute Gasteiger partial charge is 0.338 e. The molecule has 4 rings (SSSR count). The largest absolute Gasteiger partial charge is 0.452 e. The zero-order valence-corrected chi connectivity index (χ0v) is 16.4. The quantitative estimate of drug-likeness (QED) is 0.611. The van der Waals surface area contributed by atoms with Crippen molar-refractivity contribution in [3.63, 3.8) is 0 Å². The summed E-state index contributed by atoms with van der Waals surface area (Å²) >= 11 is 0. The van der Waals surface area contributed by atoms with Crippen LogP contribution in [0.1, 0.15) is 45.5 Å². The minimum absolute atomic E-state index is 0.0182. The maximum atomic E-state index is 12.9. The first-order chi connectivity index (χ1) is 13.9. The van der Waals surface area contributed by atoms with E-state index >= 15 is 0 Å². The lowest BCUT2D eigenvalue weighted by molar-refractivity contribution is -0.135. The molecule has 150 valence electrons. The van der Waals surface area contributed by atoms with E-state index in [0.717, 1.165) is 25.3 Å². The molecule has 0 aliphatic carbocycles. The number of rotatable bonds is 3. The van der Waals surface area contributed by atoms with E-state index in [4.69, 9.17) is 4.74 Å². The summed E-state index contributed by atoms with van der Waals surface area (Å²) in [6.45, 7) is 0.897. The molecule has 0 saturated carbocycles. The van der Waals surface area contributed by atoms with Gasteiger partial charge in [0.1, 0.15) is 0 Å². The Kier molecular flexibility index (Phi) is 4.96. The fraction of sp³-hybridized carbons (Fsp3) is 0.286. The highest BCUT2D eigenvalue weighted by atomic mass is 32.2. The molecule has 2 aliphatic heterocycles. The standard InChI is InChI=1S/C21H19NO6S/c23-19(22-10-4-1-5-11-22)13-28-21(25)14-8-9-16-18(12-14)29(26,27)17-7-3-2-6-15(17)20(16)24/h2-3,6-9,12H,1,4-5,10-11,13H2. The number of fused-ring (bicyclic) bond motifs is 2. The third-order valence-corrected chi connectivity index (χ3v) is 7.06. The van der Waals surface area contributed by atoms with Gasteiger partial charge in [0.05, 0.1) is 15.4 Å². The van der Waals surface area contributed by atoms with Crippen LogP contribution in [-0.2, 0) is 19.4 Å². The van der Waals surface area contributed by atoms with Crippen LogP contribution in [0.25, 0.3) is 0 Å². The maximum Gasteiger partial charge on any atom is 0.338 e. The Morgan fingerprint density at radius 1 is 0.931 bits per heavy atom. The Morgan fingerprint density at radius 3 is 2.38 bits per heavy atom. The Balaban J connectivity index is 1.56. The molecule has 0 N–H and O–H groups in total. The molecular weight excluding hydrogens is 394 g/mol. The van der Waals surface area contributed by atoms with E-state index in [2.05, 4.69) is 0 Å². The molecule has 0 unspecified atom stereocenters. The second-order valence-electron chi connectivity index (χ2n) is 7.06. The molecule has 1 fully saturated rings. The number of amides is 1. The number of carbonyl (C=O) groups excluding carboxylic acids is 3. The number of carbonyl (C=O) groups is 3. The molecule has 2 heterocycles. The molecule has 0 atom stereocenters. The predicted octanol–water partition coefficient (Wildman–Crippen LogP) is 2.23. The van der Waals surface area contributed by atoms with E-state index in [1.54, 1.807) is 17.0 Å². The average molecular weight is 413 g/mol. The third kappa shape index (κ3) is 3.44. The molecule has 0 radical (unpaired) electrons. The Morgan fingerprint density at radius 2 is 1.62 bits per heavy atom. The molecule has 1 amide bonds. The van der Waals surface area contributed by atoms with Crippen molar-refractivity contribution in [2.24, 2.45) is 0 Å². The van der Waals surface area contributed by atoms with E-state index in [1.165, 1.54) is 24.3 Å². The number of hydrogen-bond acceptors (Lipinski definition) is 6. The van der Waals surface area contributed by atoms with Gasteiger partial charge in [-0.25, -0.2) is 13.2 Å². The van der Waals surface area contributed by atoms with Gasteiger partial charge in [0.15, 0.2) is 12.4 Å². The van der Waals surface area contributed by atoms with Crippen molar-refractivity contribution in [1.82, 2.24) is 4.90 Å². The van der Waals surface area contributed by atoms with Crippen molar-refractivity contribution < 1.29 is 27.5 Å². The van der Waals surface area contributed by atoms with E-state index in [9.17, 15) is 22.8 Å². The van der Waals surface area contributed by atoms with Crippen LogP contribution in [0.5, 0.6) is 0 Å². The Labute approximate surface area is 168 Å². The number of ether oxygens (including phenoxy) is 1. The van der Waals surface area contributed by atoms with Gasteiger partial charge in [0.2, 0.25) is 9.84 Å². The van der Waals surface area contributed by atoms with Gasteiger partial charge in [-0.1, -0.05) is 12.1 Å². The zero-order valence-electron chi connectivity index (χ0n) is 15.6. The number of ketones is 1. The molecule has 29 heavy (non-hydrogen) atoms. The second kappa shape index (κ2) is 7.44. The van der Waals surface area contributed by atoms with Gasteiger partial charge < -0.3 is 9.64 Å². The van der Waals surface area contributed by atoms with Gasteiger partial charge in [-0.2, -0.15) is 0 Å². The number of sulfone groups is 1. The topological polar surface area (TPSA) is 97.8 Å². The van der Waals surface area contributed by atoms with Crippen LogP contribution >= 0.6 is 0 Å². The fourth-order valence-corrected chi connectivity index (χ4v) is 5.33. The number of benzene rings is 2. The van der Waals surface area contributed by atoms with Crippen LogP contribution in [0.2, 0.25) is 0 Å². The molecular formula is C21H19NO6S. The third-order valence-electron chi connectivity index (χ3n) is 5.21. The summed E-state index contributed by atoms with van der Waals surface area (Å²) in [5, 5.41) is 0. The van der Waals surface area contributed by atoms with Crippen LogP contribution in [0.15, 0.2) is 52.3 Å². The number of hydrogen-bond donors (Lipinski definition) is 0. The van der Waals surface area contributed by atoms with E-state index in [0.29, 0.717) is 13.1 Å². The lowest BCUT2D eigenvalue weighted by atomic mass is 10.0. The highest BCUT2D eigenvalue weighted by Gasteiger charge is 2.35. The minimum Gasteiger partial charge on any atom is -0.452 e. The summed E-state index contributed by atoms with van der Waals surface area (Å²) in [4.78, 5) is 38.5.